The Hall–Kier alpha value is -1.84. The fourth-order valence-electron chi connectivity index (χ4n) is 2.04. The normalized spacial score (nSPS) is 16.1. The van der Waals surface area contributed by atoms with E-state index < -0.39 is 12.0 Å². The maximum atomic E-state index is 11.8. The van der Waals surface area contributed by atoms with Gasteiger partial charge in [-0.1, -0.05) is 29.8 Å². The second-order valence-electron chi connectivity index (χ2n) is 4.89. The number of carboxylic acids is 1. The van der Waals surface area contributed by atoms with Gasteiger partial charge in [-0.15, -0.1) is 0 Å². The number of amides is 1. The highest BCUT2D eigenvalue weighted by Gasteiger charge is 2.37. The average Bonchev–Trinajstić information content (AvgIpc) is 3.09. The number of nitrogens with one attached hydrogen (secondary N) is 1. The molecule has 0 spiro atoms. The third-order valence-corrected chi connectivity index (χ3v) is 3.12. The lowest BCUT2D eigenvalue weighted by atomic mass is 10.1. The predicted octanol–water partition coefficient (Wildman–Crippen LogP) is 1.52. The van der Waals surface area contributed by atoms with E-state index in [4.69, 9.17) is 5.11 Å². The summed E-state index contributed by atoms with van der Waals surface area (Å²) in [5.74, 6) is -1.04. The van der Waals surface area contributed by atoms with Gasteiger partial charge in [0.1, 0.15) is 6.04 Å². The Morgan fingerprint density at radius 3 is 2.72 bits per heavy atom. The molecule has 18 heavy (non-hydrogen) atoms. The smallest absolute Gasteiger partial charge is 0.326 e. The number of hydrogen-bond acceptors (Lipinski definition) is 2. The van der Waals surface area contributed by atoms with Gasteiger partial charge in [0, 0.05) is 0 Å². The van der Waals surface area contributed by atoms with Crippen molar-refractivity contribution in [1.29, 1.82) is 0 Å². The lowest BCUT2D eigenvalue weighted by Gasteiger charge is -2.13. The van der Waals surface area contributed by atoms with Gasteiger partial charge in [0.25, 0.3) is 0 Å². The quantitative estimate of drug-likeness (QED) is 0.829. The minimum Gasteiger partial charge on any atom is -0.480 e. The van der Waals surface area contributed by atoms with Crippen LogP contribution in [0.3, 0.4) is 0 Å². The molecule has 2 rings (SSSR count). The number of rotatable bonds is 5. The van der Waals surface area contributed by atoms with Crippen molar-refractivity contribution in [1.82, 2.24) is 5.32 Å². The van der Waals surface area contributed by atoms with Gasteiger partial charge >= 0.3 is 5.97 Å². The SMILES string of the molecule is Cc1cccc(CC(=O)NC(C(=O)O)C2CC2)c1. The lowest BCUT2D eigenvalue weighted by Crippen LogP contribution is -2.43. The molecule has 1 aromatic carbocycles. The Balaban J connectivity index is 1.93. The van der Waals surface area contributed by atoms with Crippen LogP contribution in [0.25, 0.3) is 0 Å². The Morgan fingerprint density at radius 1 is 1.44 bits per heavy atom. The first-order valence-electron chi connectivity index (χ1n) is 6.14. The third kappa shape index (κ3) is 3.32. The fraction of sp³-hybridized carbons (Fsp3) is 0.429. The Labute approximate surface area is 106 Å². The highest BCUT2D eigenvalue weighted by Crippen LogP contribution is 2.32. The first-order valence-corrected chi connectivity index (χ1v) is 6.14. The van der Waals surface area contributed by atoms with Crippen molar-refractivity contribution >= 4 is 11.9 Å². The van der Waals surface area contributed by atoms with Crippen LogP contribution in [0.5, 0.6) is 0 Å². The highest BCUT2D eigenvalue weighted by molar-refractivity contribution is 5.85. The molecule has 2 N–H and O–H groups in total. The second kappa shape index (κ2) is 5.21. The van der Waals surface area contributed by atoms with Crippen molar-refractivity contribution in [2.75, 3.05) is 0 Å². The van der Waals surface area contributed by atoms with Crippen molar-refractivity contribution < 1.29 is 14.7 Å². The van der Waals surface area contributed by atoms with E-state index in [1.54, 1.807) is 0 Å². The molecule has 1 amide bonds. The van der Waals surface area contributed by atoms with Crippen LogP contribution >= 0.6 is 0 Å². The predicted molar refractivity (Wildman–Crippen MR) is 67.2 cm³/mol. The molecular weight excluding hydrogens is 230 g/mol. The molecule has 96 valence electrons. The first kappa shape index (κ1) is 12.6. The summed E-state index contributed by atoms with van der Waals surface area (Å²) in [6.07, 6.45) is 2.02. The van der Waals surface area contributed by atoms with Gasteiger partial charge in [0.15, 0.2) is 0 Å². The Kier molecular flexibility index (Phi) is 3.65. The molecule has 1 fully saturated rings. The van der Waals surface area contributed by atoms with E-state index >= 15 is 0 Å². The van der Waals surface area contributed by atoms with E-state index in [9.17, 15) is 9.59 Å². The number of aryl methyl sites for hydroxylation is 1. The van der Waals surface area contributed by atoms with E-state index in [1.807, 2.05) is 31.2 Å². The minimum atomic E-state index is -0.935. The van der Waals surface area contributed by atoms with Crippen LogP contribution in [0.15, 0.2) is 24.3 Å². The van der Waals surface area contributed by atoms with Crippen LogP contribution in [0, 0.1) is 12.8 Å². The van der Waals surface area contributed by atoms with Gasteiger partial charge in [0.2, 0.25) is 5.91 Å². The van der Waals surface area contributed by atoms with Gasteiger partial charge < -0.3 is 10.4 Å². The number of carboxylic acid groups (broad SMARTS) is 1. The van der Waals surface area contributed by atoms with Gasteiger partial charge in [-0.25, -0.2) is 4.79 Å². The average molecular weight is 247 g/mol. The third-order valence-electron chi connectivity index (χ3n) is 3.12. The van der Waals surface area contributed by atoms with Crippen molar-refractivity contribution in [2.24, 2.45) is 5.92 Å². The molecule has 1 unspecified atom stereocenters. The largest absolute Gasteiger partial charge is 0.480 e. The number of hydrogen-bond donors (Lipinski definition) is 2. The summed E-state index contributed by atoms with van der Waals surface area (Å²) in [6.45, 7) is 1.96. The first-order chi connectivity index (χ1) is 8.56. The summed E-state index contributed by atoms with van der Waals surface area (Å²) in [7, 11) is 0. The minimum absolute atomic E-state index is 0.115. The standard InChI is InChI=1S/C14H17NO3/c1-9-3-2-4-10(7-9)8-12(16)15-13(14(17)18)11-5-6-11/h2-4,7,11,13H,5-6,8H2,1H3,(H,15,16)(H,17,18). The molecule has 0 radical (unpaired) electrons. The molecule has 1 aromatic rings. The number of benzene rings is 1. The van der Waals surface area contributed by atoms with Crippen molar-refractivity contribution in [3.8, 4) is 0 Å². The maximum Gasteiger partial charge on any atom is 0.326 e. The Morgan fingerprint density at radius 2 is 2.17 bits per heavy atom. The summed E-state index contributed by atoms with van der Waals surface area (Å²) in [5, 5.41) is 11.6. The van der Waals surface area contributed by atoms with Crippen molar-refractivity contribution in [2.45, 2.75) is 32.2 Å². The van der Waals surface area contributed by atoms with Crippen LogP contribution in [-0.4, -0.2) is 23.0 Å². The molecule has 1 saturated carbocycles. The van der Waals surface area contributed by atoms with E-state index in [0.29, 0.717) is 0 Å². The van der Waals surface area contributed by atoms with Gasteiger partial charge in [-0.3, -0.25) is 4.79 Å². The molecule has 0 heterocycles. The molecule has 1 aliphatic rings. The monoisotopic (exact) mass is 247 g/mol. The maximum absolute atomic E-state index is 11.8. The van der Waals surface area contributed by atoms with E-state index in [-0.39, 0.29) is 18.2 Å². The second-order valence-corrected chi connectivity index (χ2v) is 4.89. The van der Waals surface area contributed by atoms with Gasteiger partial charge in [-0.2, -0.15) is 0 Å². The summed E-state index contributed by atoms with van der Waals surface area (Å²) < 4.78 is 0. The van der Waals surface area contributed by atoms with Crippen molar-refractivity contribution in [3.05, 3.63) is 35.4 Å². The van der Waals surface area contributed by atoms with E-state index in [1.165, 1.54) is 0 Å². The van der Waals surface area contributed by atoms with Crippen LogP contribution in [0.1, 0.15) is 24.0 Å². The van der Waals surface area contributed by atoms with Crippen LogP contribution in [0.4, 0.5) is 0 Å². The molecule has 4 heteroatoms. The zero-order chi connectivity index (χ0) is 13.1. The highest BCUT2D eigenvalue weighted by atomic mass is 16.4. The molecule has 1 aliphatic carbocycles. The topological polar surface area (TPSA) is 66.4 Å². The molecule has 0 aliphatic heterocycles. The van der Waals surface area contributed by atoms with Crippen LogP contribution in [0.2, 0.25) is 0 Å². The number of carbonyl (C=O) groups is 2. The molecule has 0 saturated heterocycles. The van der Waals surface area contributed by atoms with Crippen molar-refractivity contribution in [3.63, 3.8) is 0 Å². The molecule has 0 bridgehead atoms. The molecule has 0 aromatic heterocycles. The summed E-state index contributed by atoms with van der Waals surface area (Å²) in [6, 6.07) is 6.95. The zero-order valence-electron chi connectivity index (χ0n) is 10.3. The van der Waals surface area contributed by atoms with E-state index in [0.717, 1.165) is 24.0 Å². The van der Waals surface area contributed by atoms with Gasteiger partial charge in [0.05, 0.1) is 6.42 Å². The lowest BCUT2D eigenvalue weighted by molar-refractivity contribution is -0.142. The Bertz CT molecular complexity index is 466. The van der Waals surface area contributed by atoms with Crippen LogP contribution < -0.4 is 5.32 Å². The van der Waals surface area contributed by atoms with Gasteiger partial charge in [-0.05, 0) is 31.2 Å². The molecule has 1 atom stereocenters. The fourth-order valence-corrected chi connectivity index (χ4v) is 2.04. The number of carbonyl (C=O) groups excluding carboxylic acids is 1. The summed E-state index contributed by atoms with van der Waals surface area (Å²) >= 11 is 0. The molecular formula is C14H17NO3. The summed E-state index contributed by atoms with van der Waals surface area (Å²) in [4.78, 5) is 22.8. The molecule has 4 nitrogen and oxygen atoms in total. The number of aliphatic carboxylic acids is 1. The zero-order valence-corrected chi connectivity index (χ0v) is 10.3. The van der Waals surface area contributed by atoms with E-state index in [2.05, 4.69) is 5.32 Å². The van der Waals surface area contributed by atoms with Crippen LogP contribution in [-0.2, 0) is 16.0 Å². The summed E-state index contributed by atoms with van der Waals surface area (Å²) in [5.41, 5.74) is 2.00.